The number of carbonyl (C=O) groups excluding carboxylic acids is 1. The Bertz CT molecular complexity index is 668. The Morgan fingerprint density at radius 1 is 1.55 bits per heavy atom. The van der Waals surface area contributed by atoms with Gasteiger partial charge in [0.1, 0.15) is 10.9 Å². The number of aromatic nitrogens is 4. The van der Waals surface area contributed by atoms with Crippen LogP contribution in [-0.2, 0) is 4.79 Å². The van der Waals surface area contributed by atoms with Crippen LogP contribution in [0.3, 0.4) is 0 Å². The second-order valence-corrected chi connectivity index (χ2v) is 5.53. The van der Waals surface area contributed by atoms with Gasteiger partial charge in [-0.1, -0.05) is 6.58 Å². The second-order valence-electron chi connectivity index (χ2n) is 4.78. The van der Waals surface area contributed by atoms with Crippen LogP contribution in [0.1, 0.15) is 18.9 Å². The predicted molar refractivity (Wildman–Crippen MR) is 78.1 cm³/mol. The molecular weight excluding hydrogens is 322 g/mol. The van der Waals surface area contributed by atoms with Crippen LogP contribution < -0.4 is 0 Å². The Hall–Kier alpha value is -1.76. The molecule has 0 saturated carbocycles. The number of hydrogen-bond acceptors (Lipinski definition) is 4. The van der Waals surface area contributed by atoms with E-state index >= 15 is 0 Å². The lowest BCUT2D eigenvalue weighted by Gasteiger charge is -2.32. The lowest BCUT2D eigenvalue weighted by atomic mass is 10.1. The molecule has 104 valence electrons. The first-order valence-corrected chi connectivity index (χ1v) is 7.25. The van der Waals surface area contributed by atoms with E-state index in [1.54, 1.807) is 6.20 Å². The molecule has 1 aliphatic heterocycles. The van der Waals surface area contributed by atoms with Crippen molar-refractivity contribution in [2.75, 3.05) is 13.1 Å². The third kappa shape index (κ3) is 2.22. The minimum atomic E-state index is -0.0279. The van der Waals surface area contributed by atoms with Gasteiger partial charge in [0, 0.05) is 19.3 Å². The van der Waals surface area contributed by atoms with Gasteiger partial charge in [-0.15, -0.1) is 0 Å². The lowest BCUT2D eigenvalue weighted by Crippen LogP contribution is -2.40. The maximum Gasteiger partial charge on any atom is 0.246 e. The van der Waals surface area contributed by atoms with Crippen molar-refractivity contribution in [1.82, 2.24) is 24.6 Å². The van der Waals surface area contributed by atoms with Gasteiger partial charge >= 0.3 is 0 Å². The summed E-state index contributed by atoms with van der Waals surface area (Å²) in [6.07, 6.45) is 6.55. The average Bonchev–Trinajstić information content (AvgIpc) is 2.84. The van der Waals surface area contributed by atoms with Crippen molar-refractivity contribution in [3.63, 3.8) is 0 Å². The SMILES string of the molecule is C=CC(=O)N1CCC[C@@H](n2nc(Br)c3cncnc32)C1. The fourth-order valence-electron chi connectivity index (χ4n) is 2.59. The van der Waals surface area contributed by atoms with Gasteiger partial charge in [0.05, 0.1) is 11.4 Å². The van der Waals surface area contributed by atoms with E-state index in [4.69, 9.17) is 0 Å². The number of carbonyl (C=O) groups is 1. The number of likely N-dealkylation sites (tertiary alicyclic amines) is 1. The topological polar surface area (TPSA) is 63.9 Å². The third-order valence-electron chi connectivity index (χ3n) is 3.55. The van der Waals surface area contributed by atoms with Crippen molar-refractivity contribution in [2.24, 2.45) is 0 Å². The molecule has 3 rings (SSSR count). The summed E-state index contributed by atoms with van der Waals surface area (Å²) in [6, 6.07) is 0.136. The molecule has 2 aromatic rings. The summed E-state index contributed by atoms with van der Waals surface area (Å²) in [5.41, 5.74) is 0.796. The van der Waals surface area contributed by atoms with Crippen LogP contribution in [0.5, 0.6) is 0 Å². The Balaban J connectivity index is 1.94. The van der Waals surface area contributed by atoms with Crippen molar-refractivity contribution < 1.29 is 4.79 Å². The van der Waals surface area contributed by atoms with E-state index in [-0.39, 0.29) is 11.9 Å². The molecule has 1 amide bonds. The van der Waals surface area contributed by atoms with E-state index in [0.29, 0.717) is 6.54 Å². The molecular formula is C13H14BrN5O. The van der Waals surface area contributed by atoms with Gasteiger partial charge in [0.25, 0.3) is 0 Å². The van der Waals surface area contributed by atoms with E-state index in [1.165, 1.54) is 12.4 Å². The third-order valence-corrected chi connectivity index (χ3v) is 4.14. The van der Waals surface area contributed by atoms with Crippen LogP contribution in [0, 0.1) is 0 Å². The summed E-state index contributed by atoms with van der Waals surface area (Å²) in [5.74, 6) is -0.0279. The molecule has 2 aromatic heterocycles. The minimum Gasteiger partial charge on any atom is -0.337 e. The van der Waals surface area contributed by atoms with Crippen LogP contribution in [0.4, 0.5) is 0 Å². The molecule has 0 aliphatic carbocycles. The zero-order valence-corrected chi connectivity index (χ0v) is 12.5. The van der Waals surface area contributed by atoms with Crippen molar-refractivity contribution in [3.8, 4) is 0 Å². The molecule has 6 nitrogen and oxygen atoms in total. The van der Waals surface area contributed by atoms with Gasteiger partial charge in [0.2, 0.25) is 5.91 Å². The smallest absolute Gasteiger partial charge is 0.246 e. The van der Waals surface area contributed by atoms with E-state index in [0.717, 1.165) is 35.0 Å². The van der Waals surface area contributed by atoms with Crippen LogP contribution >= 0.6 is 15.9 Å². The number of halogens is 1. The first-order chi connectivity index (χ1) is 9.70. The Labute approximate surface area is 124 Å². The van der Waals surface area contributed by atoms with E-state index < -0.39 is 0 Å². The van der Waals surface area contributed by atoms with Crippen LogP contribution in [-0.4, -0.2) is 43.6 Å². The molecule has 0 N–H and O–H groups in total. The highest BCUT2D eigenvalue weighted by atomic mass is 79.9. The predicted octanol–water partition coefficient (Wildman–Crippen LogP) is 1.94. The summed E-state index contributed by atoms with van der Waals surface area (Å²) >= 11 is 3.43. The van der Waals surface area contributed by atoms with Gasteiger partial charge < -0.3 is 4.90 Å². The molecule has 1 aliphatic rings. The Morgan fingerprint density at radius 2 is 2.40 bits per heavy atom. The molecule has 20 heavy (non-hydrogen) atoms. The normalized spacial score (nSPS) is 19.2. The largest absolute Gasteiger partial charge is 0.337 e. The molecule has 0 spiro atoms. The molecule has 0 radical (unpaired) electrons. The van der Waals surface area contributed by atoms with Crippen molar-refractivity contribution in [1.29, 1.82) is 0 Å². The maximum atomic E-state index is 11.8. The zero-order valence-electron chi connectivity index (χ0n) is 10.9. The monoisotopic (exact) mass is 335 g/mol. The minimum absolute atomic E-state index is 0.0279. The molecule has 3 heterocycles. The number of amides is 1. The highest BCUT2D eigenvalue weighted by molar-refractivity contribution is 9.10. The van der Waals surface area contributed by atoms with Gasteiger partial charge in [0.15, 0.2) is 5.65 Å². The fourth-order valence-corrected chi connectivity index (χ4v) is 3.04. The molecule has 0 bridgehead atoms. The first kappa shape index (κ1) is 13.2. The summed E-state index contributed by atoms with van der Waals surface area (Å²) in [5, 5.41) is 5.39. The number of hydrogen-bond donors (Lipinski definition) is 0. The van der Waals surface area contributed by atoms with E-state index in [1.807, 2.05) is 9.58 Å². The number of rotatable bonds is 2. The molecule has 7 heteroatoms. The molecule has 1 fully saturated rings. The van der Waals surface area contributed by atoms with Crippen molar-refractivity contribution >= 4 is 32.9 Å². The van der Waals surface area contributed by atoms with E-state index in [9.17, 15) is 4.79 Å². The van der Waals surface area contributed by atoms with Crippen molar-refractivity contribution in [2.45, 2.75) is 18.9 Å². The second kappa shape index (κ2) is 5.32. The van der Waals surface area contributed by atoms with Gasteiger partial charge in [-0.3, -0.25) is 4.79 Å². The maximum absolute atomic E-state index is 11.8. The summed E-state index contributed by atoms with van der Waals surface area (Å²) < 4.78 is 2.63. The number of nitrogens with zero attached hydrogens (tertiary/aromatic N) is 5. The van der Waals surface area contributed by atoms with Crippen LogP contribution in [0.15, 0.2) is 29.8 Å². The van der Waals surface area contributed by atoms with Crippen LogP contribution in [0.25, 0.3) is 11.0 Å². The average molecular weight is 336 g/mol. The van der Waals surface area contributed by atoms with Crippen LogP contribution in [0.2, 0.25) is 0 Å². The molecule has 0 aromatic carbocycles. The molecule has 1 atom stereocenters. The quantitative estimate of drug-likeness (QED) is 0.787. The Morgan fingerprint density at radius 3 is 3.20 bits per heavy atom. The standard InChI is InChI=1S/C13H14BrN5O/c1-2-11(20)18-5-3-4-9(7-18)19-13-10(12(14)17-19)6-15-8-16-13/h2,6,8-9H,1,3-5,7H2/t9-/m1/s1. The summed E-state index contributed by atoms with van der Waals surface area (Å²) in [6.45, 7) is 4.96. The highest BCUT2D eigenvalue weighted by Crippen LogP contribution is 2.28. The van der Waals surface area contributed by atoms with Gasteiger partial charge in [-0.2, -0.15) is 5.10 Å². The van der Waals surface area contributed by atoms with E-state index in [2.05, 4.69) is 37.6 Å². The fraction of sp³-hybridized carbons (Fsp3) is 0.385. The molecule has 1 saturated heterocycles. The Kier molecular flexibility index (Phi) is 3.52. The summed E-state index contributed by atoms with van der Waals surface area (Å²) in [7, 11) is 0. The first-order valence-electron chi connectivity index (χ1n) is 6.45. The number of fused-ring (bicyclic) bond motifs is 1. The van der Waals surface area contributed by atoms with Crippen molar-refractivity contribution in [3.05, 3.63) is 29.8 Å². The lowest BCUT2D eigenvalue weighted by molar-refractivity contribution is -0.127. The number of piperidine rings is 1. The molecule has 0 unspecified atom stereocenters. The van der Waals surface area contributed by atoms with Gasteiger partial charge in [-0.05, 0) is 34.8 Å². The highest BCUT2D eigenvalue weighted by Gasteiger charge is 2.26. The van der Waals surface area contributed by atoms with Gasteiger partial charge in [-0.25, -0.2) is 14.6 Å². The zero-order chi connectivity index (χ0) is 14.1. The summed E-state index contributed by atoms with van der Waals surface area (Å²) in [4.78, 5) is 21.9.